The summed E-state index contributed by atoms with van der Waals surface area (Å²) in [6, 6.07) is 8.86. The Labute approximate surface area is 118 Å². The summed E-state index contributed by atoms with van der Waals surface area (Å²) in [5, 5.41) is 14.5. The standard InChI is InChI=1S/C13H12BrNO2S/c14-9-3-4-11(12(16)8-9)13(17)15-6-5-10-2-1-7-18-10/h1-4,7-8,16H,5-6H2,(H,15,17). The molecule has 0 aliphatic rings. The third kappa shape index (κ3) is 3.34. The van der Waals surface area contributed by atoms with E-state index in [-0.39, 0.29) is 11.7 Å². The Kier molecular flexibility index (Phi) is 4.38. The van der Waals surface area contributed by atoms with Gasteiger partial charge in [-0.2, -0.15) is 0 Å². The number of halogens is 1. The largest absolute Gasteiger partial charge is 0.507 e. The summed E-state index contributed by atoms with van der Waals surface area (Å²) >= 11 is 4.90. The summed E-state index contributed by atoms with van der Waals surface area (Å²) in [7, 11) is 0. The van der Waals surface area contributed by atoms with Gasteiger partial charge in [-0.15, -0.1) is 11.3 Å². The van der Waals surface area contributed by atoms with E-state index in [2.05, 4.69) is 21.2 Å². The molecule has 18 heavy (non-hydrogen) atoms. The van der Waals surface area contributed by atoms with Crippen LogP contribution in [-0.2, 0) is 6.42 Å². The zero-order valence-corrected chi connectivity index (χ0v) is 11.9. The van der Waals surface area contributed by atoms with E-state index >= 15 is 0 Å². The van der Waals surface area contributed by atoms with E-state index in [1.165, 1.54) is 10.9 Å². The van der Waals surface area contributed by atoms with Crippen LogP contribution in [0.5, 0.6) is 5.75 Å². The van der Waals surface area contributed by atoms with Gasteiger partial charge in [-0.3, -0.25) is 4.79 Å². The molecule has 1 amide bonds. The first-order chi connectivity index (χ1) is 8.66. The van der Waals surface area contributed by atoms with Crippen LogP contribution in [-0.4, -0.2) is 17.6 Å². The molecule has 2 N–H and O–H groups in total. The highest BCUT2D eigenvalue weighted by Gasteiger charge is 2.10. The van der Waals surface area contributed by atoms with Gasteiger partial charge in [0.2, 0.25) is 0 Å². The molecule has 2 rings (SSSR count). The quantitative estimate of drug-likeness (QED) is 0.907. The van der Waals surface area contributed by atoms with Gasteiger partial charge in [-0.25, -0.2) is 0 Å². The van der Waals surface area contributed by atoms with E-state index < -0.39 is 0 Å². The Morgan fingerprint density at radius 2 is 2.22 bits per heavy atom. The van der Waals surface area contributed by atoms with Gasteiger partial charge in [0.1, 0.15) is 5.75 Å². The lowest BCUT2D eigenvalue weighted by Crippen LogP contribution is -2.25. The van der Waals surface area contributed by atoms with Crippen LogP contribution in [0.1, 0.15) is 15.2 Å². The van der Waals surface area contributed by atoms with E-state index in [0.717, 1.165) is 10.9 Å². The third-order valence-electron chi connectivity index (χ3n) is 2.44. The van der Waals surface area contributed by atoms with Gasteiger partial charge in [0.05, 0.1) is 5.56 Å². The normalized spacial score (nSPS) is 10.3. The number of hydrogen-bond acceptors (Lipinski definition) is 3. The maximum absolute atomic E-state index is 11.8. The van der Waals surface area contributed by atoms with Gasteiger partial charge in [0.15, 0.2) is 0 Å². The van der Waals surface area contributed by atoms with Gasteiger partial charge >= 0.3 is 0 Å². The second-order valence-corrected chi connectivity index (χ2v) is 5.69. The Morgan fingerprint density at radius 1 is 1.39 bits per heavy atom. The van der Waals surface area contributed by atoms with Crippen LogP contribution in [0.2, 0.25) is 0 Å². The summed E-state index contributed by atoms with van der Waals surface area (Å²) in [6.45, 7) is 0.564. The highest BCUT2D eigenvalue weighted by molar-refractivity contribution is 9.10. The first-order valence-corrected chi connectivity index (χ1v) is 7.13. The Bertz CT molecular complexity index is 540. The fourth-order valence-electron chi connectivity index (χ4n) is 1.55. The van der Waals surface area contributed by atoms with Crippen LogP contribution < -0.4 is 5.32 Å². The number of amides is 1. The number of thiophene rings is 1. The van der Waals surface area contributed by atoms with Crippen molar-refractivity contribution in [3.8, 4) is 5.75 Å². The summed E-state index contributed by atoms with van der Waals surface area (Å²) in [4.78, 5) is 13.1. The Balaban J connectivity index is 1.91. The predicted octanol–water partition coefficient (Wildman–Crippen LogP) is 3.19. The summed E-state index contributed by atoms with van der Waals surface area (Å²) in [5.74, 6) is -0.269. The van der Waals surface area contributed by atoms with Crippen molar-refractivity contribution in [2.24, 2.45) is 0 Å². The molecule has 0 bridgehead atoms. The van der Waals surface area contributed by atoms with E-state index in [1.807, 2.05) is 17.5 Å². The molecule has 94 valence electrons. The number of aromatic hydroxyl groups is 1. The lowest BCUT2D eigenvalue weighted by molar-refractivity contribution is 0.0951. The molecule has 0 saturated heterocycles. The lowest BCUT2D eigenvalue weighted by atomic mass is 10.2. The zero-order chi connectivity index (χ0) is 13.0. The molecule has 0 radical (unpaired) electrons. The second kappa shape index (κ2) is 6.02. The van der Waals surface area contributed by atoms with Crippen molar-refractivity contribution in [3.63, 3.8) is 0 Å². The number of rotatable bonds is 4. The van der Waals surface area contributed by atoms with Crippen LogP contribution in [0.3, 0.4) is 0 Å². The molecule has 0 spiro atoms. The van der Waals surface area contributed by atoms with Crippen molar-refractivity contribution in [1.82, 2.24) is 5.32 Å². The molecule has 0 atom stereocenters. The SMILES string of the molecule is O=C(NCCc1cccs1)c1ccc(Br)cc1O. The number of carbonyl (C=O) groups is 1. The summed E-state index contributed by atoms with van der Waals surface area (Å²) < 4.78 is 0.745. The molecule has 0 aliphatic carbocycles. The smallest absolute Gasteiger partial charge is 0.255 e. The molecule has 3 nitrogen and oxygen atoms in total. The molecule has 2 aromatic rings. The van der Waals surface area contributed by atoms with Crippen LogP contribution >= 0.6 is 27.3 Å². The fourth-order valence-corrected chi connectivity index (χ4v) is 2.60. The molecule has 5 heteroatoms. The molecule has 1 aromatic heterocycles. The molecule has 0 aliphatic heterocycles. The molecule has 0 saturated carbocycles. The number of hydrogen-bond donors (Lipinski definition) is 2. The number of benzene rings is 1. The maximum atomic E-state index is 11.8. The Morgan fingerprint density at radius 3 is 2.89 bits per heavy atom. The van der Waals surface area contributed by atoms with E-state index in [4.69, 9.17) is 0 Å². The van der Waals surface area contributed by atoms with Crippen molar-refractivity contribution < 1.29 is 9.90 Å². The summed E-state index contributed by atoms with van der Waals surface area (Å²) in [6.07, 6.45) is 0.806. The predicted molar refractivity (Wildman–Crippen MR) is 76.2 cm³/mol. The van der Waals surface area contributed by atoms with E-state index in [9.17, 15) is 9.90 Å². The van der Waals surface area contributed by atoms with Crippen molar-refractivity contribution in [2.75, 3.05) is 6.54 Å². The fraction of sp³-hybridized carbons (Fsp3) is 0.154. The zero-order valence-electron chi connectivity index (χ0n) is 9.52. The molecule has 1 aromatic carbocycles. The highest BCUT2D eigenvalue weighted by Crippen LogP contribution is 2.22. The third-order valence-corrected chi connectivity index (χ3v) is 3.87. The van der Waals surface area contributed by atoms with E-state index in [0.29, 0.717) is 12.1 Å². The number of nitrogens with one attached hydrogen (secondary N) is 1. The molecular weight excluding hydrogens is 314 g/mol. The van der Waals surface area contributed by atoms with Crippen LogP contribution in [0.25, 0.3) is 0 Å². The minimum atomic E-state index is -0.253. The number of phenols is 1. The van der Waals surface area contributed by atoms with Gasteiger partial charge in [-0.1, -0.05) is 22.0 Å². The summed E-state index contributed by atoms with van der Waals surface area (Å²) in [5.41, 5.74) is 0.296. The number of carbonyl (C=O) groups excluding carboxylic acids is 1. The topological polar surface area (TPSA) is 49.3 Å². The monoisotopic (exact) mass is 325 g/mol. The van der Waals surface area contributed by atoms with Gasteiger partial charge in [0, 0.05) is 15.9 Å². The molecule has 0 unspecified atom stereocenters. The first-order valence-electron chi connectivity index (χ1n) is 5.46. The average Bonchev–Trinajstić information content (AvgIpc) is 2.81. The van der Waals surface area contributed by atoms with Crippen LogP contribution in [0, 0.1) is 0 Å². The average molecular weight is 326 g/mol. The van der Waals surface area contributed by atoms with Gasteiger partial charge in [0.25, 0.3) is 5.91 Å². The highest BCUT2D eigenvalue weighted by atomic mass is 79.9. The molecular formula is C13H12BrNO2S. The molecule has 0 fully saturated rings. The lowest BCUT2D eigenvalue weighted by Gasteiger charge is -2.06. The van der Waals surface area contributed by atoms with Crippen molar-refractivity contribution in [1.29, 1.82) is 0 Å². The number of phenolic OH excluding ortho intramolecular Hbond substituents is 1. The first kappa shape index (κ1) is 13.1. The Hall–Kier alpha value is -1.33. The van der Waals surface area contributed by atoms with Crippen molar-refractivity contribution >= 4 is 33.2 Å². The maximum Gasteiger partial charge on any atom is 0.255 e. The minimum Gasteiger partial charge on any atom is -0.507 e. The van der Waals surface area contributed by atoms with Crippen molar-refractivity contribution in [2.45, 2.75) is 6.42 Å². The van der Waals surface area contributed by atoms with Gasteiger partial charge < -0.3 is 10.4 Å². The molecule has 1 heterocycles. The van der Waals surface area contributed by atoms with Crippen LogP contribution in [0.15, 0.2) is 40.2 Å². The second-order valence-electron chi connectivity index (χ2n) is 3.75. The van der Waals surface area contributed by atoms with E-state index in [1.54, 1.807) is 23.5 Å². The van der Waals surface area contributed by atoms with Crippen molar-refractivity contribution in [3.05, 3.63) is 50.6 Å². The van der Waals surface area contributed by atoms with Gasteiger partial charge in [-0.05, 0) is 36.1 Å². The van der Waals surface area contributed by atoms with Crippen LogP contribution in [0.4, 0.5) is 0 Å². The minimum absolute atomic E-state index is 0.0157.